The van der Waals surface area contributed by atoms with Gasteiger partial charge in [-0.05, 0) is 31.0 Å². The monoisotopic (exact) mass is 240 g/mol. The van der Waals surface area contributed by atoms with E-state index in [0.717, 1.165) is 12.0 Å². The predicted molar refractivity (Wildman–Crippen MR) is 66.1 cm³/mol. The van der Waals surface area contributed by atoms with Crippen LogP contribution in [0.25, 0.3) is 0 Å². The summed E-state index contributed by atoms with van der Waals surface area (Å²) >= 11 is 5.96. The van der Waals surface area contributed by atoms with E-state index in [2.05, 4.69) is 0 Å². The van der Waals surface area contributed by atoms with Crippen molar-refractivity contribution in [1.82, 2.24) is 0 Å². The van der Waals surface area contributed by atoms with E-state index in [1.807, 2.05) is 32.9 Å². The molecule has 0 spiro atoms. The lowest BCUT2D eigenvalue weighted by atomic mass is 10.0. The van der Waals surface area contributed by atoms with Gasteiger partial charge in [0.25, 0.3) is 0 Å². The first-order chi connectivity index (χ1) is 7.54. The van der Waals surface area contributed by atoms with Gasteiger partial charge in [-0.25, -0.2) is 0 Å². The zero-order valence-electron chi connectivity index (χ0n) is 9.92. The second kappa shape index (κ2) is 5.90. The van der Waals surface area contributed by atoms with Gasteiger partial charge in [0.05, 0.1) is 5.02 Å². The first-order valence-electron chi connectivity index (χ1n) is 5.46. The Balaban J connectivity index is 2.61. The molecule has 16 heavy (non-hydrogen) atoms. The Morgan fingerprint density at radius 1 is 1.50 bits per heavy atom. The highest BCUT2D eigenvalue weighted by Gasteiger charge is 2.12. The van der Waals surface area contributed by atoms with Crippen LogP contribution in [0.4, 0.5) is 0 Å². The first-order valence-corrected chi connectivity index (χ1v) is 5.84. The molecule has 1 aromatic rings. The maximum Gasteiger partial charge on any atom is 0.172 e. The molecule has 88 valence electrons. The number of ketones is 1. The standard InChI is InChI=1S/C13H17ClO2/c1-4-10(3)12(15)8-16-13-7-9(2)5-6-11(13)14/h5-7,10H,4,8H2,1-3H3. The van der Waals surface area contributed by atoms with Gasteiger partial charge in [-0.2, -0.15) is 0 Å². The van der Waals surface area contributed by atoms with Gasteiger partial charge in [-0.1, -0.05) is 31.5 Å². The third-order valence-electron chi connectivity index (χ3n) is 2.62. The molecule has 0 heterocycles. The Bertz CT molecular complexity index is 374. The summed E-state index contributed by atoms with van der Waals surface area (Å²) in [6.45, 7) is 5.95. The Labute approximate surface area is 102 Å². The number of Topliss-reactive ketones (excluding diaryl/α,β-unsaturated/α-hetero) is 1. The van der Waals surface area contributed by atoms with Crippen molar-refractivity contribution >= 4 is 17.4 Å². The Hall–Kier alpha value is -1.02. The summed E-state index contributed by atoms with van der Waals surface area (Å²) in [5, 5.41) is 0.544. The van der Waals surface area contributed by atoms with Crippen molar-refractivity contribution in [2.45, 2.75) is 27.2 Å². The first kappa shape index (κ1) is 13.0. The Kier molecular flexibility index (Phi) is 4.81. The normalized spacial score (nSPS) is 12.2. The minimum absolute atomic E-state index is 0.0450. The van der Waals surface area contributed by atoms with E-state index in [1.54, 1.807) is 6.07 Å². The number of carbonyl (C=O) groups excluding carboxylic acids is 1. The number of hydrogen-bond donors (Lipinski definition) is 0. The predicted octanol–water partition coefficient (Wildman–Crippen LogP) is 3.64. The van der Waals surface area contributed by atoms with Crippen molar-refractivity contribution < 1.29 is 9.53 Å². The largest absolute Gasteiger partial charge is 0.484 e. The van der Waals surface area contributed by atoms with E-state index in [0.29, 0.717) is 10.8 Å². The molecule has 3 heteroatoms. The molecule has 2 nitrogen and oxygen atoms in total. The van der Waals surface area contributed by atoms with Crippen LogP contribution in [-0.4, -0.2) is 12.4 Å². The number of halogens is 1. The third-order valence-corrected chi connectivity index (χ3v) is 2.93. The smallest absolute Gasteiger partial charge is 0.172 e. The van der Waals surface area contributed by atoms with Gasteiger partial charge in [0.2, 0.25) is 0 Å². The number of benzene rings is 1. The van der Waals surface area contributed by atoms with Crippen molar-refractivity contribution in [2.75, 3.05) is 6.61 Å². The van der Waals surface area contributed by atoms with E-state index in [-0.39, 0.29) is 18.3 Å². The highest BCUT2D eigenvalue weighted by molar-refractivity contribution is 6.32. The van der Waals surface area contributed by atoms with Crippen LogP contribution >= 0.6 is 11.6 Å². The van der Waals surface area contributed by atoms with Gasteiger partial charge in [0.1, 0.15) is 12.4 Å². The van der Waals surface area contributed by atoms with E-state index in [9.17, 15) is 4.79 Å². The van der Waals surface area contributed by atoms with E-state index >= 15 is 0 Å². The highest BCUT2D eigenvalue weighted by atomic mass is 35.5. The number of aryl methyl sites for hydroxylation is 1. The summed E-state index contributed by atoms with van der Waals surface area (Å²) < 4.78 is 5.42. The van der Waals surface area contributed by atoms with Gasteiger partial charge in [0.15, 0.2) is 5.78 Å². The fourth-order valence-corrected chi connectivity index (χ4v) is 1.41. The van der Waals surface area contributed by atoms with Gasteiger partial charge in [-0.3, -0.25) is 4.79 Å². The zero-order chi connectivity index (χ0) is 12.1. The zero-order valence-corrected chi connectivity index (χ0v) is 10.7. The molecular weight excluding hydrogens is 224 g/mol. The number of hydrogen-bond acceptors (Lipinski definition) is 2. The molecule has 0 aliphatic carbocycles. The molecule has 0 N–H and O–H groups in total. The van der Waals surface area contributed by atoms with Gasteiger partial charge in [0, 0.05) is 5.92 Å². The third kappa shape index (κ3) is 3.53. The second-order valence-electron chi connectivity index (χ2n) is 4.00. The summed E-state index contributed by atoms with van der Waals surface area (Å²) in [4.78, 5) is 11.6. The molecule has 0 aliphatic rings. The molecule has 1 unspecified atom stereocenters. The van der Waals surface area contributed by atoms with Crippen molar-refractivity contribution in [2.24, 2.45) is 5.92 Å². The molecule has 0 amide bonds. The lowest BCUT2D eigenvalue weighted by Crippen LogP contribution is -2.18. The topological polar surface area (TPSA) is 26.3 Å². The van der Waals surface area contributed by atoms with Crippen molar-refractivity contribution in [3.63, 3.8) is 0 Å². The van der Waals surface area contributed by atoms with Crippen molar-refractivity contribution in [3.05, 3.63) is 28.8 Å². The van der Waals surface area contributed by atoms with Crippen molar-refractivity contribution in [3.8, 4) is 5.75 Å². The minimum Gasteiger partial charge on any atom is -0.484 e. The van der Waals surface area contributed by atoms with Gasteiger partial charge >= 0.3 is 0 Å². The average molecular weight is 241 g/mol. The van der Waals surface area contributed by atoms with E-state index in [4.69, 9.17) is 16.3 Å². The lowest BCUT2D eigenvalue weighted by Gasteiger charge is -2.10. The van der Waals surface area contributed by atoms with Gasteiger partial charge in [-0.15, -0.1) is 0 Å². The number of ether oxygens (including phenoxy) is 1. The van der Waals surface area contributed by atoms with Crippen LogP contribution in [0.5, 0.6) is 5.75 Å². The van der Waals surface area contributed by atoms with Crippen LogP contribution in [0.2, 0.25) is 5.02 Å². The quantitative estimate of drug-likeness (QED) is 0.786. The summed E-state index contributed by atoms with van der Waals surface area (Å²) in [5.41, 5.74) is 1.07. The Morgan fingerprint density at radius 2 is 2.19 bits per heavy atom. The maximum atomic E-state index is 11.6. The SMILES string of the molecule is CCC(C)C(=O)COc1cc(C)ccc1Cl. The fraction of sp³-hybridized carbons (Fsp3) is 0.462. The minimum atomic E-state index is 0.0450. The lowest BCUT2D eigenvalue weighted by molar-refractivity contribution is -0.124. The summed E-state index contributed by atoms with van der Waals surface area (Å²) in [6, 6.07) is 5.53. The molecule has 0 bridgehead atoms. The van der Waals surface area contributed by atoms with Crippen LogP contribution in [0, 0.1) is 12.8 Å². The highest BCUT2D eigenvalue weighted by Crippen LogP contribution is 2.25. The van der Waals surface area contributed by atoms with Crippen LogP contribution in [-0.2, 0) is 4.79 Å². The molecule has 1 aromatic carbocycles. The molecule has 0 saturated heterocycles. The van der Waals surface area contributed by atoms with E-state index in [1.165, 1.54) is 0 Å². The molecule has 0 fully saturated rings. The molecule has 0 aliphatic heterocycles. The van der Waals surface area contributed by atoms with Crippen LogP contribution < -0.4 is 4.74 Å². The second-order valence-corrected chi connectivity index (χ2v) is 4.41. The van der Waals surface area contributed by atoms with Crippen LogP contribution in [0.3, 0.4) is 0 Å². The summed E-state index contributed by atoms with van der Waals surface area (Å²) in [5.74, 6) is 0.738. The number of rotatable bonds is 5. The van der Waals surface area contributed by atoms with Crippen LogP contribution in [0.1, 0.15) is 25.8 Å². The fourth-order valence-electron chi connectivity index (χ4n) is 1.24. The van der Waals surface area contributed by atoms with E-state index < -0.39 is 0 Å². The molecule has 0 aromatic heterocycles. The molecule has 1 rings (SSSR count). The average Bonchev–Trinajstić information content (AvgIpc) is 2.28. The number of carbonyl (C=O) groups is 1. The van der Waals surface area contributed by atoms with Gasteiger partial charge < -0.3 is 4.74 Å². The molecule has 0 radical (unpaired) electrons. The molecular formula is C13H17ClO2. The Morgan fingerprint density at radius 3 is 2.81 bits per heavy atom. The van der Waals surface area contributed by atoms with Crippen LogP contribution in [0.15, 0.2) is 18.2 Å². The van der Waals surface area contributed by atoms with Crippen molar-refractivity contribution in [1.29, 1.82) is 0 Å². The summed E-state index contributed by atoms with van der Waals surface area (Å²) in [7, 11) is 0. The summed E-state index contributed by atoms with van der Waals surface area (Å²) in [6.07, 6.45) is 0.837. The molecule has 0 saturated carbocycles. The molecule has 1 atom stereocenters. The maximum absolute atomic E-state index is 11.6.